The molecule has 0 aliphatic heterocycles. The maximum absolute atomic E-state index is 10.4. The average Bonchev–Trinajstić information content (AvgIpc) is 3.57. The van der Waals surface area contributed by atoms with Crippen LogP contribution in [0.1, 0.15) is 27.7 Å². The standard InChI is InChI=1S/C31H25BNO5/c1-30(2,34)31(3,4)38-32-17-12-13-18-21-15-22-27(16-26(21)36-25(18)14-17)37-29(33-22)20-9-7-11-24-28(20)19-8-5-6-10-23(19)35-24/h5-16,34H,1-4H3. The summed E-state index contributed by atoms with van der Waals surface area (Å²) in [5.41, 5.74) is 4.48. The van der Waals surface area contributed by atoms with Gasteiger partial charge in [-0.1, -0.05) is 36.4 Å². The summed E-state index contributed by atoms with van der Waals surface area (Å²) in [4.78, 5) is 4.85. The van der Waals surface area contributed by atoms with Gasteiger partial charge in [0.2, 0.25) is 5.89 Å². The van der Waals surface area contributed by atoms with Gasteiger partial charge in [0.15, 0.2) is 5.58 Å². The predicted octanol–water partition coefficient (Wildman–Crippen LogP) is 7.10. The van der Waals surface area contributed by atoms with Crippen molar-refractivity contribution in [3.8, 4) is 11.5 Å². The third kappa shape index (κ3) is 3.54. The van der Waals surface area contributed by atoms with Crippen molar-refractivity contribution in [1.82, 2.24) is 4.98 Å². The van der Waals surface area contributed by atoms with Crippen molar-refractivity contribution >= 4 is 67.9 Å². The van der Waals surface area contributed by atoms with Crippen molar-refractivity contribution in [1.29, 1.82) is 0 Å². The lowest BCUT2D eigenvalue weighted by atomic mass is 9.82. The van der Waals surface area contributed by atoms with Gasteiger partial charge >= 0.3 is 7.48 Å². The largest absolute Gasteiger partial charge is 0.456 e. The number of furan rings is 2. The van der Waals surface area contributed by atoms with E-state index in [1.807, 2.05) is 80.6 Å². The minimum atomic E-state index is -0.997. The van der Waals surface area contributed by atoms with E-state index in [4.69, 9.17) is 22.9 Å². The molecule has 38 heavy (non-hydrogen) atoms. The van der Waals surface area contributed by atoms with Gasteiger partial charge in [-0.15, -0.1) is 0 Å². The Labute approximate surface area is 219 Å². The molecule has 1 N–H and O–H groups in total. The van der Waals surface area contributed by atoms with Crippen LogP contribution in [0.2, 0.25) is 0 Å². The Hall–Kier alpha value is -4.07. The van der Waals surface area contributed by atoms with Gasteiger partial charge in [0.1, 0.15) is 27.8 Å². The summed E-state index contributed by atoms with van der Waals surface area (Å²) < 4.78 is 24.4. The highest BCUT2D eigenvalue weighted by Crippen LogP contribution is 2.38. The molecule has 7 rings (SSSR count). The first kappa shape index (κ1) is 23.1. The zero-order valence-corrected chi connectivity index (χ0v) is 21.5. The zero-order valence-electron chi connectivity index (χ0n) is 21.5. The van der Waals surface area contributed by atoms with Gasteiger partial charge in [0.25, 0.3) is 0 Å². The van der Waals surface area contributed by atoms with Gasteiger partial charge in [-0.2, -0.15) is 0 Å². The molecule has 3 aromatic heterocycles. The molecular weight excluding hydrogens is 477 g/mol. The lowest BCUT2D eigenvalue weighted by Crippen LogP contribution is -2.49. The second kappa shape index (κ2) is 7.97. The van der Waals surface area contributed by atoms with Crippen LogP contribution in [0.15, 0.2) is 86.0 Å². The molecule has 7 aromatic rings. The molecule has 0 bridgehead atoms. The van der Waals surface area contributed by atoms with Gasteiger partial charge in [0, 0.05) is 33.2 Å². The van der Waals surface area contributed by atoms with E-state index in [1.165, 1.54) is 0 Å². The summed E-state index contributed by atoms with van der Waals surface area (Å²) in [6.07, 6.45) is 0. The van der Waals surface area contributed by atoms with Crippen molar-refractivity contribution in [2.75, 3.05) is 0 Å². The van der Waals surface area contributed by atoms with Gasteiger partial charge < -0.3 is 23.0 Å². The summed E-state index contributed by atoms with van der Waals surface area (Å²) in [7, 11) is 1.66. The zero-order chi connectivity index (χ0) is 26.2. The first-order valence-corrected chi connectivity index (χ1v) is 12.6. The summed E-state index contributed by atoms with van der Waals surface area (Å²) in [6.45, 7) is 7.18. The molecule has 0 saturated heterocycles. The molecule has 4 aromatic carbocycles. The normalized spacial score (nSPS) is 13.0. The molecule has 0 aliphatic carbocycles. The molecule has 0 fully saturated rings. The van der Waals surface area contributed by atoms with Gasteiger partial charge in [0.05, 0.1) is 11.2 Å². The molecule has 6 nitrogen and oxygen atoms in total. The van der Waals surface area contributed by atoms with Crippen LogP contribution in [0.3, 0.4) is 0 Å². The summed E-state index contributed by atoms with van der Waals surface area (Å²) in [6, 6.07) is 23.7. The molecule has 3 heterocycles. The second-order valence-corrected chi connectivity index (χ2v) is 10.8. The Balaban J connectivity index is 1.29. The summed E-state index contributed by atoms with van der Waals surface area (Å²) in [5.74, 6) is 0.539. The predicted molar refractivity (Wildman–Crippen MR) is 151 cm³/mol. The van der Waals surface area contributed by atoms with E-state index in [0.29, 0.717) is 11.5 Å². The maximum Gasteiger partial charge on any atom is 0.331 e. The van der Waals surface area contributed by atoms with E-state index in [9.17, 15) is 5.11 Å². The summed E-state index contributed by atoms with van der Waals surface area (Å²) in [5, 5.41) is 14.3. The van der Waals surface area contributed by atoms with Crippen molar-refractivity contribution in [2.24, 2.45) is 0 Å². The van der Waals surface area contributed by atoms with Crippen LogP contribution in [0.5, 0.6) is 0 Å². The first-order valence-electron chi connectivity index (χ1n) is 12.6. The average molecular weight is 502 g/mol. The van der Waals surface area contributed by atoms with Crippen LogP contribution in [-0.2, 0) is 4.65 Å². The Morgan fingerprint density at radius 3 is 2.32 bits per heavy atom. The van der Waals surface area contributed by atoms with E-state index in [-0.39, 0.29) is 0 Å². The van der Waals surface area contributed by atoms with Crippen LogP contribution in [0.25, 0.3) is 66.4 Å². The van der Waals surface area contributed by atoms with Crippen molar-refractivity contribution in [3.63, 3.8) is 0 Å². The van der Waals surface area contributed by atoms with E-state index < -0.39 is 11.2 Å². The fourth-order valence-electron chi connectivity index (χ4n) is 4.72. The quantitative estimate of drug-likeness (QED) is 0.253. The van der Waals surface area contributed by atoms with Crippen LogP contribution in [-0.4, -0.2) is 28.8 Å². The third-order valence-corrected chi connectivity index (χ3v) is 7.60. The molecule has 0 saturated carbocycles. The number of aromatic nitrogens is 1. The van der Waals surface area contributed by atoms with Gasteiger partial charge in [-0.3, -0.25) is 0 Å². The Morgan fingerprint density at radius 2 is 1.47 bits per heavy atom. The van der Waals surface area contributed by atoms with E-state index >= 15 is 0 Å². The molecule has 0 unspecified atom stereocenters. The number of oxazole rings is 1. The summed E-state index contributed by atoms with van der Waals surface area (Å²) >= 11 is 0. The van der Waals surface area contributed by atoms with Gasteiger partial charge in [-0.05, 0) is 63.5 Å². The topological polar surface area (TPSA) is 81.8 Å². The molecule has 0 amide bonds. The smallest absolute Gasteiger partial charge is 0.331 e. The molecule has 1 radical (unpaired) electrons. The highest BCUT2D eigenvalue weighted by atomic mass is 16.5. The van der Waals surface area contributed by atoms with E-state index in [1.54, 1.807) is 21.3 Å². The second-order valence-electron chi connectivity index (χ2n) is 10.8. The number of aliphatic hydroxyl groups is 1. The number of hydrogen-bond acceptors (Lipinski definition) is 6. The highest BCUT2D eigenvalue weighted by molar-refractivity contribution is 6.47. The Kier molecular flexibility index (Phi) is 4.84. The third-order valence-electron chi connectivity index (χ3n) is 7.60. The highest BCUT2D eigenvalue weighted by Gasteiger charge is 2.35. The minimum absolute atomic E-state index is 0.539. The first-order chi connectivity index (χ1) is 18.2. The van der Waals surface area contributed by atoms with Crippen LogP contribution >= 0.6 is 0 Å². The fourth-order valence-corrected chi connectivity index (χ4v) is 4.72. The van der Waals surface area contributed by atoms with Crippen LogP contribution < -0.4 is 5.46 Å². The molecule has 0 atom stereocenters. The lowest BCUT2D eigenvalue weighted by molar-refractivity contribution is -0.0893. The number of fused-ring (bicyclic) bond motifs is 7. The number of hydrogen-bond donors (Lipinski definition) is 1. The minimum Gasteiger partial charge on any atom is -0.456 e. The fraction of sp³-hybridized carbons (Fsp3) is 0.194. The Bertz CT molecular complexity index is 2000. The van der Waals surface area contributed by atoms with Crippen molar-refractivity contribution in [3.05, 3.63) is 72.8 Å². The maximum atomic E-state index is 10.4. The Morgan fingerprint density at radius 1 is 0.711 bits per heavy atom. The number of rotatable bonds is 5. The SMILES string of the molecule is CC(C)(O)C(C)(C)O[B]c1ccc2c(c1)oc1cc3oc(-c4cccc5oc6ccccc6c45)nc3cc12. The lowest BCUT2D eigenvalue weighted by Gasteiger charge is -2.37. The van der Waals surface area contributed by atoms with E-state index in [2.05, 4.69) is 6.07 Å². The number of benzene rings is 4. The molecular formula is C31H25BNO5. The van der Waals surface area contributed by atoms with E-state index in [0.717, 1.165) is 60.4 Å². The van der Waals surface area contributed by atoms with Crippen molar-refractivity contribution in [2.45, 2.75) is 38.9 Å². The molecule has 7 heteroatoms. The number of nitrogens with zero attached hydrogens (tertiary/aromatic N) is 1. The number of para-hydroxylation sites is 1. The van der Waals surface area contributed by atoms with Crippen LogP contribution in [0.4, 0.5) is 0 Å². The monoisotopic (exact) mass is 502 g/mol. The molecule has 0 spiro atoms. The van der Waals surface area contributed by atoms with Gasteiger partial charge in [-0.25, -0.2) is 4.98 Å². The molecule has 0 aliphatic rings. The van der Waals surface area contributed by atoms with Crippen molar-refractivity contribution < 1.29 is 23.0 Å². The van der Waals surface area contributed by atoms with Crippen LogP contribution in [0, 0.1) is 0 Å². The molecule has 187 valence electrons.